The minimum Gasteiger partial charge on any atom is -0.353 e. The van der Waals surface area contributed by atoms with Gasteiger partial charge in [0, 0.05) is 7.11 Å². The van der Waals surface area contributed by atoms with E-state index in [2.05, 4.69) is 6.58 Å². The van der Waals surface area contributed by atoms with Crippen LogP contribution in [0.1, 0.15) is 27.2 Å². The van der Waals surface area contributed by atoms with Gasteiger partial charge in [0.05, 0.1) is 0 Å². The highest BCUT2D eigenvalue weighted by atomic mass is 16.8. The predicted molar refractivity (Wildman–Crippen MR) is 63.9 cm³/mol. The van der Waals surface area contributed by atoms with E-state index < -0.39 is 24.3 Å². The van der Waals surface area contributed by atoms with Crippen molar-refractivity contribution in [3.63, 3.8) is 0 Å². The molecule has 102 valence electrons. The molecule has 0 spiro atoms. The fourth-order valence-corrected chi connectivity index (χ4v) is 2.34. The first-order valence-corrected chi connectivity index (χ1v) is 6.15. The molecule has 0 aromatic heterocycles. The number of hydrogen-bond acceptors (Lipinski definition) is 5. The highest BCUT2D eigenvalue weighted by Crippen LogP contribution is 2.39. The van der Waals surface area contributed by atoms with Gasteiger partial charge in [0.1, 0.15) is 12.2 Å². The number of carbonyl (C=O) groups excluding carboxylic acids is 1. The Balaban J connectivity index is 2.18. The smallest absolute Gasteiger partial charge is 0.189 e. The molecule has 2 rings (SSSR count). The van der Waals surface area contributed by atoms with E-state index in [0.717, 1.165) is 0 Å². The molecule has 2 aliphatic heterocycles. The Labute approximate surface area is 107 Å². The van der Waals surface area contributed by atoms with Gasteiger partial charge in [-0.1, -0.05) is 13.5 Å². The number of rotatable bonds is 4. The van der Waals surface area contributed by atoms with Crippen molar-refractivity contribution in [1.82, 2.24) is 0 Å². The molecule has 0 aromatic carbocycles. The predicted octanol–water partition coefficient (Wildman–Crippen LogP) is 1.41. The van der Waals surface area contributed by atoms with Crippen LogP contribution in [-0.2, 0) is 23.7 Å². The molecule has 2 fully saturated rings. The van der Waals surface area contributed by atoms with Gasteiger partial charge in [0.2, 0.25) is 0 Å². The third kappa shape index (κ3) is 2.23. The largest absolute Gasteiger partial charge is 0.353 e. The summed E-state index contributed by atoms with van der Waals surface area (Å²) >= 11 is 0. The van der Waals surface area contributed by atoms with Gasteiger partial charge >= 0.3 is 0 Å². The van der Waals surface area contributed by atoms with Gasteiger partial charge < -0.3 is 18.9 Å². The molecule has 0 aliphatic carbocycles. The van der Waals surface area contributed by atoms with Crippen LogP contribution < -0.4 is 0 Å². The van der Waals surface area contributed by atoms with Crippen LogP contribution >= 0.6 is 0 Å². The molecule has 1 unspecified atom stereocenters. The molecule has 0 aromatic rings. The van der Waals surface area contributed by atoms with Crippen molar-refractivity contribution >= 4 is 5.78 Å². The summed E-state index contributed by atoms with van der Waals surface area (Å²) in [5, 5.41) is 0. The third-order valence-electron chi connectivity index (χ3n) is 3.28. The molecular formula is C13H20O5. The van der Waals surface area contributed by atoms with E-state index in [1.165, 1.54) is 7.11 Å². The van der Waals surface area contributed by atoms with Crippen molar-refractivity contribution in [1.29, 1.82) is 0 Å². The molecule has 0 amide bonds. The average molecular weight is 256 g/mol. The second-order valence-electron chi connectivity index (χ2n) is 5.05. The second kappa shape index (κ2) is 4.74. The maximum atomic E-state index is 12.2. The average Bonchev–Trinajstić information content (AvgIpc) is 2.80. The number of carbonyl (C=O) groups is 1. The summed E-state index contributed by atoms with van der Waals surface area (Å²) in [5.41, 5.74) is 0.531. The monoisotopic (exact) mass is 256 g/mol. The number of hydrogen-bond donors (Lipinski definition) is 0. The number of methoxy groups -OCH3 is 1. The first-order chi connectivity index (χ1) is 8.39. The van der Waals surface area contributed by atoms with Crippen molar-refractivity contribution in [3.8, 4) is 0 Å². The van der Waals surface area contributed by atoms with E-state index >= 15 is 0 Å². The summed E-state index contributed by atoms with van der Waals surface area (Å²) < 4.78 is 22.2. The molecule has 0 saturated carbocycles. The first-order valence-electron chi connectivity index (χ1n) is 6.15. The lowest BCUT2D eigenvalue weighted by Crippen LogP contribution is -2.36. The van der Waals surface area contributed by atoms with E-state index in [4.69, 9.17) is 18.9 Å². The summed E-state index contributed by atoms with van der Waals surface area (Å²) in [6.07, 6.45) is -1.47. The fourth-order valence-electron chi connectivity index (χ4n) is 2.34. The third-order valence-corrected chi connectivity index (χ3v) is 3.28. The van der Waals surface area contributed by atoms with Gasteiger partial charge in [0.25, 0.3) is 0 Å². The molecule has 2 heterocycles. The Hall–Kier alpha value is -0.750. The number of fused-ring (bicyclic) bond motifs is 1. The van der Waals surface area contributed by atoms with E-state index in [1.807, 2.05) is 20.8 Å². The van der Waals surface area contributed by atoms with E-state index in [9.17, 15) is 4.79 Å². The standard InChI is InChI=1S/C13H20O5/c1-6-7(2)8(14)9-10-11(12(15-5)16-9)18-13(3,4)17-10/h9-12H,2,6H2,1,3-5H3/t9-,10-,11-,12?/m1/s1. The van der Waals surface area contributed by atoms with Gasteiger partial charge in [-0.2, -0.15) is 0 Å². The van der Waals surface area contributed by atoms with Gasteiger partial charge in [-0.15, -0.1) is 0 Å². The summed E-state index contributed by atoms with van der Waals surface area (Å²) in [7, 11) is 1.53. The van der Waals surface area contributed by atoms with Gasteiger partial charge in [-0.25, -0.2) is 0 Å². The number of ketones is 1. The summed E-state index contributed by atoms with van der Waals surface area (Å²) in [4.78, 5) is 12.2. The Morgan fingerprint density at radius 3 is 2.50 bits per heavy atom. The molecule has 5 nitrogen and oxygen atoms in total. The normalized spacial score (nSPS) is 37.6. The van der Waals surface area contributed by atoms with Gasteiger partial charge in [-0.05, 0) is 25.8 Å². The maximum Gasteiger partial charge on any atom is 0.189 e. The van der Waals surface area contributed by atoms with Crippen LogP contribution in [0.25, 0.3) is 0 Å². The Kier molecular flexibility index (Phi) is 3.60. The Morgan fingerprint density at radius 1 is 1.33 bits per heavy atom. The highest BCUT2D eigenvalue weighted by molar-refractivity contribution is 5.99. The van der Waals surface area contributed by atoms with Crippen LogP contribution in [0, 0.1) is 0 Å². The topological polar surface area (TPSA) is 54.0 Å². The quantitative estimate of drug-likeness (QED) is 0.712. The van der Waals surface area contributed by atoms with Crippen LogP contribution in [-0.4, -0.2) is 43.3 Å². The minimum atomic E-state index is -0.720. The molecule has 5 heteroatoms. The van der Waals surface area contributed by atoms with Crippen LogP contribution in [0.3, 0.4) is 0 Å². The minimum absolute atomic E-state index is 0.131. The Bertz CT molecular complexity index is 362. The van der Waals surface area contributed by atoms with Crippen molar-refractivity contribution in [2.75, 3.05) is 7.11 Å². The van der Waals surface area contributed by atoms with E-state index in [0.29, 0.717) is 12.0 Å². The van der Waals surface area contributed by atoms with Crippen LogP contribution in [0.5, 0.6) is 0 Å². The molecule has 0 radical (unpaired) electrons. The van der Waals surface area contributed by atoms with Gasteiger partial charge in [-0.3, -0.25) is 4.79 Å². The summed E-state index contributed by atoms with van der Waals surface area (Å²) in [6.45, 7) is 9.27. The summed E-state index contributed by atoms with van der Waals surface area (Å²) in [6, 6.07) is 0. The van der Waals surface area contributed by atoms with Crippen LogP contribution in [0.15, 0.2) is 12.2 Å². The van der Waals surface area contributed by atoms with Crippen molar-refractivity contribution in [2.45, 2.75) is 57.6 Å². The number of Topliss-reactive ketones (excluding diaryl/α,β-unsaturated/α-hetero) is 1. The van der Waals surface area contributed by atoms with Crippen LogP contribution in [0.2, 0.25) is 0 Å². The fraction of sp³-hybridized carbons (Fsp3) is 0.769. The second-order valence-corrected chi connectivity index (χ2v) is 5.05. The van der Waals surface area contributed by atoms with Crippen molar-refractivity contribution in [2.24, 2.45) is 0 Å². The lowest BCUT2D eigenvalue weighted by atomic mass is 10.0. The maximum absolute atomic E-state index is 12.2. The van der Waals surface area contributed by atoms with Crippen molar-refractivity contribution < 1.29 is 23.7 Å². The van der Waals surface area contributed by atoms with Gasteiger partial charge in [0.15, 0.2) is 24.0 Å². The Morgan fingerprint density at radius 2 is 1.94 bits per heavy atom. The molecule has 18 heavy (non-hydrogen) atoms. The van der Waals surface area contributed by atoms with E-state index in [1.54, 1.807) is 0 Å². The lowest BCUT2D eigenvalue weighted by molar-refractivity contribution is -0.224. The molecule has 2 saturated heterocycles. The van der Waals surface area contributed by atoms with E-state index in [-0.39, 0.29) is 11.9 Å². The first kappa shape index (κ1) is 13.7. The molecule has 0 N–H and O–H groups in total. The molecule has 0 bridgehead atoms. The summed E-state index contributed by atoms with van der Waals surface area (Å²) in [5.74, 6) is -0.851. The number of ether oxygens (including phenoxy) is 4. The SMILES string of the molecule is C=C(CC)C(=O)[C@H]1OC(OC)[C@@H]2OC(C)(C)O[C@H]12. The zero-order chi connectivity index (χ0) is 13.5. The van der Waals surface area contributed by atoms with Crippen molar-refractivity contribution in [3.05, 3.63) is 12.2 Å². The lowest BCUT2D eigenvalue weighted by Gasteiger charge is -2.23. The zero-order valence-electron chi connectivity index (χ0n) is 11.3. The molecule has 2 aliphatic rings. The zero-order valence-corrected chi connectivity index (χ0v) is 11.3. The highest BCUT2D eigenvalue weighted by Gasteiger charge is 2.57. The molecule has 4 atom stereocenters. The molecular weight excluding hydrogens is 236 g/mol. The van der Waals surface area contributed by atoms with Crippen LogP contribution in [0.4, 0.5) is 0 Å².